The maximum absolute atomic E-state index is 12.9. The quantitative estimate of drug-likeness (QED) is 0.254. The highest BCUT2D eigenvalue weighted by molar-refractivity contribution is 6.08. The molecule has 2 aromatic carbocycles. The highest BCUT2D eigenvalue weighted by atomic mass is 16.2. The molecular formula is C34H34N6O2. The van der Waals surface area contributed by atoms with Gasteiger partial charge >= 0.3 is 0 Å². The maximum Gasteiger partial charge on any atom is 0.279 e. The molecule has 0 fully saturated rings. The van der Waals surface area contributed by atoms with E-state index >= 15 is 0 Å². The number of aryl methyl sites for hydroxylation is 2. The molecule has 2 N–H and O–H groups in total. The third-order valence-corrected chi connectivity index (χ3v) is 8.83. The number of nitrogens with one attached hydrogen (secondary N) is 2. The Morgan fingerprint density at radius 1 is 0.667 bits per heavy atom. The standard InChI is InChI=1S/2C17H17N3O/c1-11-12-5-2-3-8-16(12)20(19-11)17(21)14-6-4-7-15-13(14)9-10-18-15;1-11-12-5-2-3-7-16(12)19-20(11)17(21)14-6-4-8-15-13(14)9-10-18-15/h4,6-7,9-10,18H,2-3,5,8H2,1H3;4,6,8-10,18H,2-3,5,7H2,1H3. The zero-order valence-corrected chi connectivity index (χ0v) is 24.0. The molecule has 0 saturated carbocycles. The molecule has 2 aliphatic rings. The summed E-state index contributed by atoms with van der Waals surface area (Å²) < 4.78 is 3.23. The van der Waals surface area contributed by atoms with Crippen LogP contribution in [0, 0.1) is 13.8 Å². The van der Waals surface area contributed by atoms with Crippen LogP contribution in [0.3, 0.4) is 0 Å². The van der Waals surface area contributed by atoms with Gasteiger partial charge in [-0.3, -0.25) is 9.59 Å². The van der Waals surface area contributed by atoms with Gasteiger partial charge in [-0.15, -0.1) is 0 Å². The number of rotatable bonds is 2. The van der Waals surface area contributed by atoms with Crippen molar-refractivity contribution >= 4 is 33.6 Å². The Morgan fingerprint density at radius 2 is 1.24 bits per heavy atom. The second kappa shape index (κ2) is 10.6. The molecule has 8 rings (SSSR count). The molecule has 8 nitrogen and oxygen atoms in total. The monoisotopic (exact) mass is 558 g/mol. The summed E-state index contributed by atoms with van der Waals surface area (Å²) in [5.74, 6) is -0.0569. The molecule has 8 heteroatoms. The summed E-state index contributed by atoms with van der Waals surface area (Å²) >= 11 is 0. The Bertz CT molecular complexity index is 1960. The van der Waals surface area contributed by atoms with Gasteiger partial charge in [-0.25, -0.2) is 9.36 Å². The summed E-state index contributed by atoms with van der Waals surface area (Å²) in [6.45, 7) is 4.01. The maximum atomic E-state index is 12.9. The van der Waals surface area contributed by atoms with Crippen molar-refractivity contribution < 1.29 is 9.59 Å². The number of carbonyl (C=O) groups excluding carboxylic acids is 2. The molecule has 0 radical (unpaired) electrons. The lowest BCUT2D eigenvalue weighted by Gasteiger charge is -2.13. The van der Waals surface area contributed by atoms with Crippen LogP contribution in [0.5, 0.6) is 0 Å². The van der Waals surface area contributed by atoms with Gasteiger partial charge in [0.05, 0.1) is 28.2 Å². The van der Waals surface area contributed by atoms with Crippen molar-refractivity contribution in [3.63, 3.8) is 0 Å². The third kappa shape index (κ3) is 4.38. The topological polar surface area (TPSA) is 101 Å². The fraction of sp³-hybridized carbons (Fsp3) is 0.294. The number of aromatic nitrogens is 6. The lowest BCUT2D eigenvalue weighted by atomic mass is 9.96. The summed E-state index contributed by atoms with van der Waals surface area (Å²) in [6, 6.07) is 15.4. The number of carbonyl (C=O) groups is 2. The van der Waals surface area contributed by atoms with Crippen LogP contribution in [-0.4, -0.2) is 41.3 Å². The SMILES string of the molecule is Cc1c2c(nn1C(=O)c1cccc3[nH]ccc13)CCCC2.Cc1nn(C(=O)c2cccc3[nH]ccc23)c2c1CCCC2. The van der Waals surface area contributed by atoms with Gasteiger partial charge in [0.2, 0.25) is 0 Å². The molecule has 0 aliphatic heterocycles. The minimum absolute atomic E-state index is 0.0218. The van der Waals surface area contributed by atoms with Crippen molar-refractivity contribution in [2.24, 2.45) is 0 Å². The van der Waals surface area contributed by atoms with Crippen LogP contribution in [0.4, 0.5) is 0 Å². The lowest BCUT2D eigenvalue weighted by Crippen LogP contribution is -2.18. The smallest absolute Gasteiger partial charge is 0.279 e. The highest BCUT2D eigenvalue weighted by Crippen LogP contribution is 2.27. The molecule has 4 heterocycles. The van der Waals surface area contributed by atoms with Crippen LogP contribution in [0.1, 0.15) is 80.3 Å². The Kier molecular flexibility index (Phi) is 6.61. The van der Waals surface area contributed by atoms with Gasteiger partial charge in [-0.1, -0.05) is 12.1 Å². The zero-order chi connectivity index (χ0) is 28.8. The van der Waals surface area contributed by atoms with Gasteiger partial charge in [0.1, 0.15) is 0 Å². The van der Waals surface area contributed by atoms with Crippen molar-refractivity contribution in [2.45, 2.75) is 65.2 Å². The fourth-order valence-corrected chi connectivity index (χ4v) is 6.63. The Hall–Kier alpha value is -4.72. The van der Waals surface area contributed by atoms with Crippen LogP contribution in [-0.2, 0) is 25.7 Å². The molecule has 6 aromatic rings. The van der Waals surface area contributed by atoms with Crippen LogP contribution in [0.15, 0.2) is 60.9 Å². The first kappa shape index (κ1) is 26.2. The molecule has 0 atom stereocenters. The second-order valence-electron chi connectivity index (χ2n) is 11.4. The number of nitrogens with zero attached hydrogens (tertiary/aromatic N) is 4. The first-order valence-electron chi connectivity index (χ1n) is 14.9. The predicted octanol–water partition coefficient (Wildman–Crippen LogP) is 6.48. The van der Waals surface area contributed by atoms with Crippen molar-refractivity contribution in [3.8, 4) is 0 Å². The predicted molar refractivity (Wildman–Crippen MR) is 163 cm³/mol. The number of benzene rings is 2. The Balaban J connectivity index is 0.000000137. The van der Waals surface area contributed by atoms with Crippen molar-refractivity contribution in [3.05, 3.63) is 106 Å². The minimum atomic E-state index is -0.0351. The largest absolute Gasteiger partial charge is 0.361 e. The van der Waals surface area contributed by atoms with Crippen LogP contribution in [0.2, 0.25) is 0 Å². The van der Waals surface area contributed by atoms with E-state index in [9.17, 15) is 9.59 Å². The van der Waals surface area contributed by atoms with Gasteiger partial charge in [-0.05, 0) is 113 Å². The Labute approximate surface area is 243 Å². The van der Waals surface area contributed by atoms with Gasteiger partial charge in [-0.2, -0.15) is 10.2 Å². The number of aromatic amines is 2. The number of fused-ring (bicyclic) bond motifs is 4. The van der Waals surface area contributed by atoms with Gasteiger partial charge in [0, 0.05) is 39.9 Å². The van der Waals surface area contributed by atoms with Gasteiger partial charge in [0.25, 0.3) is 11.8 Å². The van der Waals surface area contributed by atoms with E-state index in [0.29, 0.717) is 11.1 Å². The van der Waals surface area contributed by atoms with E-state index in [1.54, 1.807) is 9.36 Å². The normalized spacial score (nSPS) is 14.3. The summed E-state index contributed by atoms with van der Waals surface area (Å²) in [4.78, 5) is 32.1. The molecule has 0 unspecified atom stereocenters. The van der Waals surface area contributed by atoms with Gasteiger partial charge < -0.3 is 9.97 Å². The first-order valence-corrected chi connectivity index (χ1v) is 14.9. The molecule has 0 bridgehead atoms. The molecule has 0 amide bonds. The fourth-order valence-electron chi connectivity index (χ4n) is 6.63. The first-order chi connectivity index (χ1) is 20.5. The van der Waals surface area contributed by atoms with Crippen LogP contribution >= 0.6 is 0 Å². The molecule has 0 saturated heterocycles. The van der Waals surface area contributed by atoms with Crippen LogP contribution < -0.4 is 0 Å². The van der Waals surface area contributed by atoms with E-state index in [2.05, 4.69) is 20.2 Å². The molecule has 42 heavy (non-hydrogen) atoms. The average Bonchev–Trinajstić information content (AvgIpc) is 3.82. The molecular weight excluding hydrogens is 524 g/mol. The molecule has 212 valence electrons. The second-order valence-corrected chi connectivity index (χ2v) is 11.4. The van der Waals surface area contributed by atoms with E-state index in [1.807, 2.05) is 74.8 Å². The Morgan fingerprint density at radius 3 is 1.88 bits per heavy atom. The summed E-state index contributed by atoms with van der Waals surface area (Å²) in [5, 5.41) is 11.0. The van der Waals surface area contributed by atoms with E-state index < -0.39 is 0 Å². The van der Waals surface area contributed by atoms with Gasteiger partial charge in [0.15, 0.2) is 0 Å². The number of H-pyrrole nitrogens is 2. The van der Waals surface area contributed by atoms with Crippen molar-refractivity contribution in [1.29, 1.82) is 0 Å². The van der Waals surface area contributed by atoms with Crippen LogP contribution in [0.25, 0.3) is 21.8 Å². The molecule has 2 aliphatic carbocycles. The third-order valence-electron chi connectivity index (χ3n) is 8.83. The average molecular weight is 559 g/mol. The van der Waals surface area contributed by atoms with E-state index in [1.165, 1.54) is 30.4 Å². The number of hydrogen-bond acceptors (Lipinski definition) is 4. The van der Waals surface area contributed by atoms with E-state index in [-0.39, 0.29) is 11.8 Å². The van der Waals surface area contributed by atoms with E-state index in [4.69, 9.17) is 0 Å². The molecule has 0 spiro atoms. The summed E-state index contributed by atoms with van der Waals surface area (Å²) in [5.41, 5.74) is 10.1. The van der Waals surface area contributed by atoms with Crippen molar-refractivity contribution in [1.82, 2.24) is 29.5 Å². The lowest BCUT2D eigenvalue weighted by molar-refractivity contribution is 0.0935. The zero-order valence-electron chi connectivity index (χ0n) is 24.0. The highest BCUT2D eigenvalue weighted by Gasteiger charge is 2.24. The summed E-state index contributed by atoms with van der Waals surface area (Å²) in [6.07, 6.45) is 12.5. The number of hydrogen-bond donors (Lipinski definition) is 2. The van der Waals surface area contributed by atoms with E-state index in [0.717, 1.165) is 76.7 Å². The minimum Gasteiger partial charge on any atom is -0.361 e. The van der Waals surface area contributed by atoms with Crippen molar-refractivity contribution in [2.75, 3.05) is 0 Å². The summed E-state index contributed by atoms with van der Waals surface area (Å²) in [7, 11) is 0. The molecule has 4 aromatic heterocycles.